The Balaban J connectivity index is 1.96. The van der Waals surface area contributed by atoms with E-state index in [0.717, 1.165) is 38.9 Å². The number of amides is 1. The van der Waals surface area contributed by atoms with Gasteiger partial charge in [-0.05, 0) is 37.0 Å². The Labute approximate surface area is 97.9 Å². The van der Waals surface area contributed by atoms with E-state index in [-0.39, 0.29) is 5.91 Å². The summed E-state index contributed by atoms with van der Waals surface area (Å²) in [6.45, 7) is 6.21. The summed E-state index contributed by atoms with van der Waals surface area (Å²) >= 11 is 0. The van der Waals surface area contributed by atoms with Crippen molar-refractivity contribution in [1.82, 2.24) is 5.32 Å². The number of nitrogens with one attached hydrogen (secondary N) is 1. The third-order valence-corrected chi connectivity index (χ3v) is 3.88. The molecule has 1 N–H and O–H groups in total. The Bertz CT molecular complexity index is 246. The Kier molecular flexibility index (Phi) is 3.85. The van der Waals surface area contributed by atoms with E-state index in [1.807, 2.05) is 0 Å². The van der Waals surface area contributed by atoms with Gasteiger partial charge >= 0.3 is 0 Å². The molecule has 2 saturated heterocycles. The monoisotopic (exact) mass is 225 g/mol. The Hall–Kier alpha value is -0.570. The van der Waals surface area contributed by atoms with Crippen LogP contribution in [0.3, 0.4) is 0 Å². The maximum absolute atomic E-state index is 11.5. The molecule has 1 amide bonds. The van der Waals surface area contributed by atoms with Crippen LogP contribution in [-0.2, 0) is 9.53 Å². The second-order valence-corrected chi connectivity index (χ2v) is 5.62. The van der Waals surface area contributed by atoms with Crippen LogP contribution in [0.4, 0.5) is 0 Å². The van der Waals surface area contributed by atoms with Crippen LogP contribution < -0.4 is 5.32 Å². The van der Waals surface area contributed by atoms with Crippen LogP contribution in [0.5, 0.6) is 0 Å². The molecule has 2 fully saturated rings. The van der Waals surface area contributed by atoms with Crippen molar-refractivity contribution in [2.24, 2.45) is 17.8 Å². The zero-order chi connectivity index (χ0) is 11.5. The fourth-order valence-corrected chi connectivity index (χ4v) is 3.11. The fraction of sp³-hybridized carbons (Fsp3) is 0.923. The minimum Gasteiger partial charge on any atom is -0.381 e. The van der Waals surface area contributed by atoms with E-state index in [4.69, 9.17) is 4.74 Å². The number of hydrogen-bond donors (Lipinski definition) is 1. The number of ether oxygens (including phenoxy) is 1. The normalized spacial score (nSPS) is 32.1. The number of carbonyl (C=O) groups is 1. The first-order valence-electron chi connectivity index (χ1n) is 6.54. The molecule has 0 aromatic heterocycles. The van der Waals surface area contributed by atoms with E-state index in [0.29, 0.717) is 23.8 Å². The molecule has 0 saturated carbocycles. The standard InChI is InChI=1S/C13H23NO2/c1-9(2)7-12-11(8-13(15)14-12)10-3-5-16-6-4-10/h9-12H,3-8H2,1-2H3,(H,14,15). The molecule has 2 rings (SSSR count). The van der Waals surface area contributed by atoms with E-state index in [2.05, 4.69) is 19.2 Å². The van der Waals surface area contributed by atoms with Gasteiger partial charge in [0.15, 0.2) is 0 Å². The molecule has 3 heteroatoms. The van der Waals surface area contributed by atoms with Crippen molar-refractivity contribution >= 4 is 5.91 Å². The molecular weight excluding hydrogens is 202 g/mol. The van der Waals surface area contributed by atoms with Crippen molar-refractivity contribution in [2.45, 2.75) is 45.6 Å². The first kappa shape index (κ1) is 11.9. The van der Waals surface area contributed by atoms with Gasteiger partial charge in [0, 0.05) is 25.7 Å². The van der Waals surface area contributed by atoms with E-state index >= 15 is 0 Å². The molecule has 2 atom stereocenters. The van der Waals surface area contributed by atoms with Crippen molar-refractivity contribution in [2.75, 3.05) is 13.2 Å². The molecule has 16 heavy (non-hydrogen) atoms. The number of rotatable bonds is 3. The molecule has 3 nitrogen and oxygen atoms in total. The summed E-state index contributed by atoms with van der Waals surface area (Å²) in [6, 6.07) is 0.413. The molecule has 0 bridgehead atoms. The lowest BCUT2D eigenvalue weighted by atomic mass is 9.79. The summed E-state index contributed by atoms with van der Waals surface area (Å²) in [5, 5.41) is 3.15. The summed E-state index contributed by atoms with van der Waals surface area (Å²) in [6.07, 6.45) is 4.12. The molecule has 0 aromatic rings. The number of hydrogen-bond acceptors (Lipinski definition) is 2. The van der Waals surface area contributed by atoms with Gasteiger partial charge in [-0.1, -0.05) is 13.8 Å². The highest BCUT2D eigenvalue weighted by molar-refractivity contribution is 5.79. The second kappa shape index (κ2) is 5.17. The second-order valence-electron chi connectivity index (χ2n) is 5.62. The lowest BCUT2D eigenvalue weighted by Crippen LogP contribution is -2.35. The van der Waals surface area contributed by atoms with Gasteiger partial charge in [-0.3, -0.25) is 4.79 Å². The van der Waals surface area contributed by atoms with Crippen molar-refractivity contribution in [3.8, 4) is 0 Å². The van der Waals surface area contributed by atoms with Gasteiger partial charge in [0.2, 0.25) is 5.91 Å². The van der Waals surface area contributed by atoms with E-state index in [9.17, 15) is 4.79 Å². The van der Waals surface area contributed by atoms with Crippen LogP contribution >= 0.6 is 0 Å². The van der Waals surface area contributed by atoms with Crippen LogP contribution in [0.15, 0.2) is 0 Å². The highest BCUT2D eigenvalue weighted by Crippen LogP contribution is 2.34. The van der Waals surface area contributed by atoms with Crippen LogP contribution in [0.25, 0.3) is 0 Å². The highest BCUT2D eigenvalue weighted by Gasteiger charge is 2.38. The minimum absolute atomic E-state index is 0.252. The van der Waals surface area contributed by atoms with Gasteiger partial charge in [-0.25, -0.2) is 0 Å². The van der Waals surface area contributed by atoms with E-state index < -0.39 is 0 Å². The Morgan fingerprint density at radius 2 is 2.06 bits per heavy atom. The predicted molar refractivity (Wildman–Crippen MR) is 63.0 cm³/mol. The Morgan fingerprint density at radius 3 is 2.69 bits per heavy atom. The van der Waals surface area contributed by atoms with Gasteiger partial charge < -0.3 is 10.1 Å². The largest absolute Gasteiger partial charge is 0.381 e. The molecule has 0 aromatic carbocycles. The summed E-state index contributed by atoms with van der Waals surface area (Å²) in [5.74, 6) is 2.16. The molecule has 0 radical (unpaired) electrons. The first-order chi connectivity index (χ1) is 7.66. The smallest absolute Gasteiger partial charge is 0.220 e. The minimum atomic E-state index is 0.252. The van der Waals surface area contributed by atoms with Gasteiger partial charge in [-0.2, -0.15) is 0 Å². The summed E-state index contributed by atoms with van der Waals surface area (Å²) < 4.78 is 5.40. The fourth-order valence-electron chi connectivity index (χ4n) is 3.11. The third-order valence-electron chi connectivity index (χ3n) is 3.88. The van der Waals surface area contributed by atoms with Crippen LogP contribution in [0, 0.1) is 17.8 Å². The van der Waals surface area contributed by atoms with E-state index in [1.54, 1.807) is 0 Å². The molecule has 0 aliphatic carbocycles. The average Bonchev–Trinajstić information content (AvgIpc) is 2.60. The molecule has 0 spiro atoms. The van der Waals surface area contributed by atoms with Crippen LogP contribution in [-0.4, -0.2) is 25.2 Å². The highest BCUT2D eigenvalue weighted by atomic mass is 16.5. The Morgan fingerprint density at radius 1 is 1.38 bits per heavy atom. The zero-order valence-electron chi connectivity index (χ0n) is 10.4. The topological polar surface area (TPSA) is 38.3 Å². The van der Waals surface area contributed by atoms with Crippen molar-refractivity contribution in [1.29, 1.82) is 0 Å². The van der Waals surface area contributed by atoms with Gasteiger partial charge in [0.1, 0.15) is 0 Å². The van der Waals surface area contributed by atoms with Gasteiger partial charge in [0.25, 0.3) is 0 Å². The van der Waals surface area contributed by atoms with Gasteiger partial charge in [0.05, 0.1) is 0 Å². The first-order valence-corrected chi connectivity index (χ1v) is 6.54. The number of carbonyl (C=O) groups excluding carboxylic acids is 1. The van der Waals surface area contributed by atoms with Crippen molar-refractivity contribution in [3.63, 3.8) is 0 Å². The predicted octanol–water partition coefficient (Wildman–Crippen LogP) is 1.96. The van der Waals surface area contributed by atoms with Crippen molar-refractivity contribution in [3.05, 3.63) is 0 Å². The lowest BCUT2D eigenvalue weighted by Gasteiger charge is -2.31. The maximum Gasteiger partial charge on any atom is 0.220 e. The van der Waals surface area contributed by atoms with Crippen LogP contribution in [0.1, 0.15) is 39.5 Å². The lowest BCUT2D eigenvalue weighted by molar-refractivity contribution is -0.119. The van der Waals surface area contributed by atoms with E-state index in [1.165, 1.54) is 0 Å². The third kappa shape index (κ3) is 2.76. The summed E-state index contributed by atoms with van der Waals surface area (Å²) in [4.78, 5) is 11.5. The molecule has 2 aliphatic heterocycles. The molecule has 2 heterocycles. The molecule has 2 aliphatic rings. The maximum atomic E-state index is 11.5. The van der Waals surface area contributed by atoms with Crippen molar-refractivity contribution < 1.29 is 9.53 Å². The SMILES string of the molecule is CC(C)CC1NC(=O)CC1C1CCOCC1. The van der Waals surface area contributed by atoms with Crippen LogP contribution in [0.2, 0.25) is 0 Å². The zero-order valence-corrected chi connectivity index (χ0v) is 10.4. The van der Waals surface area contributed by atoms with Gasteiger partial charge in [-0.15, -0.1) is 0 Å². The molecule has 92 valence electrons. The molecule has 2 unspecified atom stereocenters. The molecular formula is C13H23NO2. The quantitative estimate of drug-likeness (QED) is 0.797. The summed E-state index contributed by atoms with van der Waals surface area (Å²) in [5.41, 5.74) is 0. The average molecular weight is 225 g/mol. The summed E-state index contributed by atoms with van der Waals surface area (Å²) in [7, 11) is 0.